The third-order valence-corrected chi connectivity index (χ3v) is 3.91. The predicted octanol–water partition coefficient (Wildman–Crippen LogP) is 3.91. The average Bonchev–Trinajstić information content (AvgIpc) is 2.57. The van der Waals surface area contributed by atoms with E-state index >= 15 is 0 Å². The standard InChI is InChI=1S/C20H18N2O2/c1-13-7-9-15(10-8-13)18-12-11-16(20(24)22-18)19(23)21-17-6-4-3-5-14(17)2/h3-12H,1-2H3,(H,21,23)(H,22,24). The van der Waals surface area contributed by atoms with Crippen LogP contribution in [0.25, 0.3) is 11.3 Å². The monoisotopic (exact) mass is 318 g/mol. The van der Waals surface area contributed by atoms with Crippen molar-refractivity contribution in [3.8, 4) is 11.3 Å². The molecule has 0 unspecified atom stereocenters. The lowest BCUT2D eigenvalue weighted by molar-refractivity contribution is 0.102. The molecule has 0 spiro atoms. The summed E-state index contributed by atoms with van der Waals surface area (Å²) in [4.78, 5) is 27.4. The number of carbonyl (C=O) groups is 1. The van der Waals surface area contributed by atoms with E-state index in [-0.39, 0.29) is 5.56 Å². The van der Waals surface area contributed by atoms with E-state index in [1.807, 2.05) is 62.4 Å². The molecule has 4 heteroatoms. The molecule has 1 aromatic heterocycles. The fourth-order valence-electron chi connectivity index (χ4n) is 2.46. The molecule has 0 radical (unpaired) electrons. The van der Waals surface area contributed by atoms with Crippen molar-refractivity contribution in [2.75, 3.05) is 5.32 Å². The van der Waals surface area contributed by atoms with E-state index in [9.17, 15) is 9.59 Å². The lowest BCUT2D eigenvalue weighted by Crippen LogP contribution is -2.23. The molecule has 0 fully saturated rings. The van der Waals surface area contributed by atoms with Crippen LogP contribution < -0.4 is 10.9 Å². The Kier molecular flexibility index (Phi) is 4.29. The molecule has 0 saturated heterocycles. The molecule has 0 saturated carbocycles. The van der Waals surface area contributed by atoms with E-state index < -0.39 is 11.5 Å². The fraction of sp³-hybridized carbons (Fsp3) is 0.100. The third kappa shape index (κ3) is 3.27. The molecule has 2 N–H and O–H groups in total. The van der Waals surface area contributed by atoms with Crippen LogP contribution in [-0.2, 0) is 0 Å². The molecule has 3 aromatic rings. The van der Waals surface area contributed by atoms with Gasteiger partial charge < -0.3 is 10.3 Å². The van der Waals surface area contributed by atoms with Gasteiger partial charge in [-0.2, -0.15) is 0 Å². The molecule has 0 aliphatic carbocycles. The Bertz CT molecular complexity index is 940. The summed E-state index contributed by atoms with van der Waals surface area (Å²) in [6.07, 6.45) is 0. The number of carbonyl (C=O) groups excluding carboxylic acids is 1. The topological polar surface area (TPSA) is 62.0 Å². The van der Waals surface area contributed by atoms with Gasteiger partial charge in [0, 0.05) is 11.4 Å². The summed E-state index contributed by atoms with van der Waals surface area (Å²) in [5.41, 5.74) is 4.07. The van der Waals surface area contributed by atoms with Crippen molar-refractivity contribution < 1.29 is 4.79 Å². The molecular weight excluding hydrogens is 300 g/mol. The molecule has 2 aromatic carbocycles. The van der Waals surface area contributed by atoms with Crippen LogP contribution in [-0.4, -0.2) is 10.9 Å². The van der Waals surface area contributed by atoms with Crippen molar-refractivity contribution in [2.45, 2.75) is 13.8 Å². The molecule has 0 aliphatic rings. The second-order valence-electron chi connectivity index (χ2n) is 5.75. The Morgan fingerprint density at radius 2 is 1.62 bits per heavy atom. The molecule has 120 valence electrons. The second kappa shape index (κ2) is 6.54. The largest absolute Gasteiger partial charge is 0.322 e. The van der Waals surface area contributed by atoms with Crippen LogP contribution in [0.2, 0.25) is 0 Å². The number of para-hydroxylation sites is 1. The van der Waals surface area contributed by atoms with Crippen LogP contribution in [0.3, 0.4) is 0 Å². The first-order chi connectivity index (χ1) is 11.5. The summed E-state index contributed by atoms with van der Waals surface area (Å²) in [7, 11) is 0. The molecule has 0 bridgehead atoms. The zero-order chi connectivity index (χ0) is 17.1. The fourth-order valence-corrected chi connectivity index (χ4v) is 2.46. The number of aromatic amines is 1. The number of hydrogen-bond acceptors (Lipinski definition) is 2. The normalized spacial score (nSPS) is 10.4. The van der Waals surface area contributed by atoms with E-state index in [0.717, 1.165) is 16.7 Å². The maximum Gasteiger partial charge on any atom is 0.261 e. The highest BCUT2D eigenvalue weighted by Crippen LogP contribution is 2.17. The SMILES string of the molecule is Cc1ccc(-c2ccc(C(=O)Nc3ccccc3C)c(=O)[nH]2)cc1. The minimum absolute atomic E-state index is 0.0918. The number of aryl methyl sites for hydroxylation is 2. The number of pyridine rings is 1. The van der Waals surface area contributed by atoms with Gasteiger partial charge in [0.15, 0.2) is 0 Å². The summed E-state index contributed by atoms with van der Waals surface area (Å²) in [6.45, 7) is 3.91. The Balaban J connectivity index is 1.87. The van der Waals surface area contributed by atoms with Gasteiger partial charge >= 0.3 is 0 Å². The summed E-state index contributed by atoms with van der Waals surface area (Å²) in [5, 5.41) is 2.78. The van der Waals surface area contributed by atoms with Crippen LogP contribution in [0.5, 0.6) is 0 Å². The van der Waals surface area contributed by atoms with Crippen molar-refractivity contribution >= 4 is 11.6 Å². The summed E-state index contributed by atoms with van der Waals surface area (Å²) >= 11 is 0. The van der Waals surface area contributed by atoms with Crippen molar-refractivity contribution in [1.82, 2.24) is 4.98 Å². The number of H-pyrrole nitrogens is 1. The van der Waals surface area contributed by atoms with Crippen LogP contribution >= 0.6 is 0 Å². The lowest BCUT2D eigenvalue weighted by atomic mass is 10.1. The number of aromatic nitrogens is 1. The van der Waals surface area contributed by atoms with Gasteiger partial charge in [0.05, 0.1) is 0 Å². The Hall–Kier alpha value is -3.14. The molecule has 0 atom stereocenters. The van der Waals surface area contributed by atoms with Gasteiger partial charge in [0.1, 0.15) is 5.56 Å². The number of nitrogens with one attached hydrogen (secondary N) is 2. The first-order valence-electron chi connectivity index (χ1n) is 7.72. The highest BCUT2D eigenvalue weighted by Gasteiger charge is 2.12. The number of anilines is 1. The summed E-state index contributed by atoms with van der Waals surface area (Å²) in [5.74, 6) is -0.416. The number of rotatable bonds is 3. The molecule has 0 aliphatic heterocycles. The number of benzene rings is 2. The van der Waals surface area contributed by atoms with Crippen molar-refractivity contribution in [3.63, 3.8) is 0 Å². The van der Waals surface area contributed by atoms with Crippen LogP contribution in [0.4, 0.5) is 5.69 Å². The van der Waals surface area contributed by atoms with Crippen molar-refractivity contribution in [2.24, 2.45) is 0 Å². The van der Waals surface area contributed by atoms with Crippen molar-refractivity contribution in [1.29, 1.82) is 0 Å². The Morgan fingerprint density at radius 1 is 0.917 bits per heavy atom. The smallest absolute Gasteiger partial charge is 0.261 e. The van der Waals surface area contributed by atoms with E-state index in [2.05, 4.69) is 10.3 Å². The maximum atomic E-state index is 12.3. The Morgan fingerprint density at radius 3 is 2.29 bits per heavy atom. The van der Waals surface area contributed by atoms with Crippen LogP contribution in [0.1, 0.15) is 21.5 Å². The average molecular weight is 318 g/mol. The highest BCUT2D eigenvalue weighted by atomic mass is 16.2. The van der Waals surface area contributed by atoms with Gasteiger partial charge in [-0.15, -0.1) is 0 Å². The molecule has 24 heavy (non-hydrogen) atoms. The Labute approximate surface area is 140 Å². The molecule has 3 rings (SSSR count). The predicted molar refractivity (Wildman–Crippen MR) is 96.4 cm³/mol. The van der Waals surface area contributed by atoms with E-state index in [1.165, 1.54) is 0 Å². The van der Waals surface area contributed by atoms with Gasteiger partial charge in [0.25, 0.3) is 11.5 Å². The summed E-state index contributed by atoms with van der Waals surface area (Å²) in [6, 6.07) is 18.6. The number of hydrogen-bond donors (Lipinski definition) is 2. The molecule has 1 amide bonds. The molecule has 4 nitrogen and oxygen atoms in total. The van der Waals surface area contributed by atoms with Crippen molar-refractivity contribution in [3.05, 3.63) is 87.7 Å². The van der Waals surface area contributed by atoms with Gasteiger partial charge in [0.2, 0.25) is 0 Å². The van der Waals surface area contributed by atoms with E-state index in [1.54, 1.807) is 12.1 Å². The van der Waals surface area contributed by atoms with Gasteiger partial charge in [-0.3, -0.25) is 9.59 Å². The zero-order valence-electron chi connectivity index (χ0n) is 13.6. The van der Waals surface area contributed by atoms with Crippen LogP contribution in [0, 0.1) is 13.8 Å². The third-order valence-electron chi connectivity index (χ3n) is 3.91. The minimum Gasteiger partial charge on any atom is -0.322 e. The number of amides is 1. The van der Waals surface area contributed by atoms with Gasteiger partial charge in [-0.05, 0) is 43.2 Å². The first kappa shape index (κ1) is 15.7. The first-order valence-corrected chi connectivity index (χ1v) is 7.72. The molecule has 1 heterocycles. The van der Waals surface area contributed by atoms with Crippen LogP contribution in [0.15, 0.2) is 65.5 Å². The van der Waals surface area contributed by atoms with E-state index in [4.69, 9.17) is 0 Å². The zero-order valence-corrected chi connectivity index (χ0v) is 13.6. The van der Waals surface area contributed by atoms with E-state index in [0.29, 0.717) is 11.4 Å². The quantitative estimate of drug-likeness (QED) is 0.769. The van der Waals surface area contributed by atoms with Gasteiger partial charge in [-0.25, -0.2) is 0 Å². The van der Waals surface area contributed by atoms with Gasteiger partial charge in [-0.1, -0.05) is 48.0 Å². The summed E-state index contributed by atoms with van der Waals surface area (Å²) < 4.78 is 0. The lowest BCUT2D eigenvalue weighted by Gasteiger charge is -2.08. The molecular formula is C20H18N2O2. The second-order valence-corrected chi connectivity index (χ2v) is 5.75. The highest BCUT2D eigenvalue weighted by molar-refractivity contribution is 6.04. The minimum atomic E-state index is -0.416. The maximum absolute atomic E-state index is 12.3.